The van der Waals surface area contributed by atoms with E-state index < -0.39 is 0 Å². The van der Waals surface area contributed by atoms with Crippen molar-refractivity contribution in [1.82, 2.24) is 39.9 Å². The van der Waals surface area contributed by atoms with Crippen LogP contribution in [0, 0.1) is 0 Å². The zero-order valence-electron chi connectivity index (χ0n) is 21.8. The van der Waals surface area contributed by atoms with Gasteiger partial charge in [-0.15, -0.1) is 0 Å². The van der Waals surface area contributed by atoms with E-state index in [4.69, 9.17) is 29.9 Å². The van der Waals surface area contributed by atoms with Crippen LogP contribution in [-0.4, -0.2) is 70.2 Å². The number of aromatic amines is 2. The summed E-state index contributed by atoms with van der Waals surface area (Å²) in [4.78, 5) is 36.3. The average molecular weight is 621 g/mol. The van der Waals surface area contributed by atoms with Crippen molar-refractivity contribution in [1.29, 1.82) is 0 Å². The Hall–Kier alpha value is -5.36. The Labute approximate surface area is 256 Å². The average Bonchev–Trinajstić information content (AvgIpc) is 3.73. The number of H-pyrrole nitrogens is 2. The van der Waals surface area contributed by atoms with E-state index in [0.717, 1.165) is 38.4 Å². The number of aromatic nitrogens is 8. The summed E-state index contributed by atoms with van der Waals surface area (Å²) in [5.74, 6) is 2.19. The summed E-state index contributed by atoms with van der Waals surface area (Å²) >= 11 is 0. The van der Waals surface area contributed by atoms with Crippen molar-refractivity contribution in [3.63, 3.8) is 0 Å². The Morgan fingerprint density at radius 2 is 0.791 bits per heavy atom. The van der Waals surface area contributed by atoms with E-state index in [1.54, 1.807) is 12.1 Å². The summed E-state index contributed by atoms with van der Waals surface area (Å²) < 4.78 is 0. The number of hydrogen-bond donors (Lipinski definition) is 3. The SMILES string of the molecule is O.Oc1cccc2c3nc4nc(nc5[nH]c(nc6nc(nc([nH]3)c12)-c1ccccc1-6)c1ccccc51)-c1ccccc1-4.[GaH3]. The van der Waals surface area contributed by atoms with Crippen LogP contribution < -0.4 is 0 Å². The molecule has 0 unspecified atom stereocenters. The first-order valence-corrected chi connectivity index (χ1v) is 13.1. The topological polar surface area (TPSA) is 161 Å². The first-order chi connectivity index (χ1) is 20.2. The molecule has 5 heterocycles. The van der Waals surface area contributed by atoms with E-state index in [1.165, 1.54) is 0 Å². The standard InChI is InChI=1S/C32H18N8O.Ga.H2O.3H/c41-23-15-7-14-22-24(23)32-39-30-21-13-6-5-12-20(21)28(37-30)35-26-17-9-2-1-8-16(17)25(33-26)34-27-18-10-3-4-11-19(18)29(36-27)38-31(22)40-32;;;;;/h1-15,41H,(H2,33,34,35,36,37,38,39,40);;1H2;;;. The van der Waals surface area contributed by atoms with Crippen LogP contribution in [0.3, 0.4) is 0 Å². The first-order valence-electron chi connectivity index (χ1n) is 13.1. The van der Waals surface area contributed by atoms with Crippen LogP contribution in [0.25, 0.3) is 89.7 Å². The van der Waals surface area contributed by atoms with Gasteiger partial charge in [0.2, 0.25) is 0 Å². The predicted molar refractivity (Wildman–Crippen MR) is 171 cm³/mol. The van der Waals surface area contributed by atoms with E-state index in [9.17, 15) is 5.11 Å². The van der Waals surface area contributed by atoms with Gasteiger partial charge in [0.25, 0.3) is 0 Å². The molecular formula is C32H23GaN8O2. The first kappa shape index (κ1) is 26.5. The van der Waals surface area contributed by atoms with Gasteiger partial charge in [-0.05, 0) is 6.07 Å². The molecule has 206 valence electrons. The fourth-order valence-electron chi connectivity index (χ4n) is 5.67. The number of benzene rings is 4. The summed E-state index contributed by atoms with van der Waals surface area (Å²) in [6.07, 6.45) is 0. The molecule has 0 saturated carbocycles. The number of rotatable bonds is 0. The Morgan fingerprint density at radius 3 is 1.28 bits per heavy atom. The van der Waals surface area contributed by atoms with Crippen LogP contribution >= 0.6 is 0 Å². The fraction of sp³-hybridized carbons (Fsp3) is 0. The van der Waals surface area contributed by atoms with Crippen molar-refractivity contribution in [2.24, 2.45) is 0 Å². The van der Waals surface area contributed by atoms with Gasteiger partial charge in [0.15, 0.2) is 23.3 Å². The predicted octanol–water partition coefficient (Wildman–Crippen LogP) is 4.57. The number of fused-ring (bicyclic) bond motifs is 20. The summed E-state index contributed by atoms with van der Waals surface area (Å²) in [7, 11) is 0. The summed E-state index contributed by atoms with van der Waals surface area (Å²) in [6, 6.07) is 29.1. The van der Waals surface area contributed by atoms with Gasteiger partial charge in [-0.3, -0.25) is 0 Å². The van der Waals surface area contributed by atoms with Gasteiger partial charge in [0, 0.05) is 38.4 Å². The molecule has 0 spiro atoms. The normalized spacial score (nSPS) is 11.4. The Morgan fingerprint density at radius 1 is 0.419 bits per heavy atom. The zero-order chi connectivity index (χ0) is 27.1. The Balaban J connectivity index is 0.00000150. The second kappa shape index (κ2) is 9.88. The van der Waals surface area contributed by atoms with E-state index in [1.807, 2.05) is 78.9 Å². The van der Waals surface area contributed by atoms with Gasteiger partial charge in [-0.2, -0.15) is 0 Å². The fourth-order valence-corrected chi connectivity index (χ4v) is 5.67. The molecule has 4 aromatic carbocycles. The second-order valence-corrected chi connectivity index (χ2v) is 9.95. The van der Waals surface area contributed by atoms with E-state index in [0.29, 0.717) is 51.3 Å². The molecule has 0 atom stereocenters. The molecule has 5 N–H and O–H groups in total. The Kier molecular flexibility index (Phi) is 6.09. The van der Waals surface area contributed by atoms with Crippen molar-refractivity contribution in [2.45, 2.75) is 0 Å². The van der Waals surface area contributed by atoms with Gasteiger partial charge < -0.3 is 20.6 Å². The molecule has 0 saturated heterocycles. The molecule has 9 rings (SSSR count). The van der Waals surface area contributed by atoms with Gasteiger partial charge in [-0.1, -0.05) is 84.9 Å². The molecule has 0 aliphatic carbocycles. The number of aromatic hydroxyl groups is 1. The van der Waals surface area contributed by atoms with E-state index in [2.05, 4.69) is 9.97 Å². The van der Waals surface area contributed by atoms with Crippen LogP contribution in [0.5, 0.6) is 5.75 Å². The number of nitrogens with zero attached hydrogens (tertiary/aromatic N) is 6. The van der Waals surface area contributed by atoms with Gasteiger partial charge >= 0.3 is 19.8 Å². The third-order valence-corrected chi connectivity index (χ3v) is 7.56. The van der Waals surface area contributed by atoms with Gasteiger partial charge in [-0.25, -0.2) is 29.9 Å². The molecular weight excluding hydrogens is 598 g/mol. The van der Waals surface area contributed by atoms with Crippen LogP contribution in [0.2, 0.25) is 0 Å². The maximum absolute atomic E-state index is 10.9. The molecule has 11 heteroatoms. The molecule has 2 aliphatic rings. The molecule has 10 nitrogen and oxygen atoms in total. The number of nitrogens with one attached hydrogen (secondary N) is 2. The molecule has 2 aliphatic heterocycles. The van der Waals surface area contributed by atoms with E-state index >= 15 is 0 Å². The van der Waals surface area contributed by atoms with Crippen LogP contribution in [0.4, 0.5) is 0 Å². The van der Waals surface area contributed by atoms with Crippen LogP contribution in [0.1, 0.15) is 0 Å². The molecule has 7 aromatic rings. The molecule has 0 radical (unpaired) electrons. The summed E-state index contributed by atoms with van der Waals surface area (Å²) in [5.41, 5.74) is 5.74. The third-order valence-electron chi connectivity index (χ3n) is 7.56. The Bertz CT molecular complexity index is 2410. The number of phenols is 1. The van der Waals surface area contributed by atoms with Gasteiger partial charge in [0.05, 0.1) is 5.39 Å². The molecule has 0 amide bonds. The van der Waals surface area contributed by atoms with Crippen molar-refractivity contribution < 1.29 is 10.6 Å². The van der Waals surface area contributed by atoms with Crippen molar-refractivity contribution in [3.8, 4) is 51.3 Å². The number of hydrogen-bond acceptors (Lipinski definition) is 7. The van der Waals surface area contributed by atoms with E-state index in [-0.39, 0.29) is 31.0 Å². The quantitative estimate of drug-likeness (QED) is 0.209. The molecule has 8 bridgehead atoms. The minimum atomic E-state index is 0. The summed E-state index contributed by atoms with van der Waals surface area (Å²) in [6.45, 7) is 0. The van der Waals surface area contributed by atoms with Crippen LogP contribution in [0.15, 0.2) is 91.0 Å². The maximum atomic E-state index is 10.9. The molecule has 3 aromatic heterocycles. The van der Waals surface area contributed by atoms with Crippen molar-refractivity contribution >= 4 is 63.9 Å². The third kappa shape index (κ3) is 3.94. The molecule has 0 fully saturated rings. The number of phenolic OH excluding ortho intramolecular Hbond substituents is 1. The van der Waals surface area contributed by atoms with Crippen LogP contribution in [-0.2, 0) is 0 Å². The minimum absolute atomic E-state index is 0. The second-order valence-electron chi connectivity index (χ2n) is 9.95. The zero-order valence-corrected chi connectivity index (χ0v) is 21.8. The van der Waals surface area contributed by atoms with Crippen molar-refractivity contribution in [2.75, 3.05) is 0 Å². The van der Waals surface area contributed by atoms with Crippen molar-refractivity contribution in [3.05, 3.63) is 91.0 Å². The van der Waals surface area contributed by atoms with Gasteiger partial charge in [0.1, 0.15) is 28.3 Å². The monoisotopic (exact) mass is 620 g/mol. The summed E-state index contributed by atoms with van der Waals surface area (Å²) in [5, 5.41) is 14.0. The molecule has 43 heavy (non-hydrogen) atoms.